The highest BCUT2D eigenvalue weighted by Crippen LogP contribution is 2.16. The molecule has 0 bridgehead atoms. The first-order chi connectivity index (χ1) is 10.7. The maximum atomic E-state index is 4.27. The van der Waals surface area contributed by atoms with Gasteiger partial charge in [-0.1, -0.05) is 59.3 Å². The minimum Gasteiger partial charge on any atom is -1.00 e. The van der Waals surface area contributed by atoms with E-state index in [0.29, 0.717) is 0 Å². The van der Waals surface area contributed by atoms with Crippen LogP contribution < -0.4 is 12.4 Å². The van der Waals surface area contributed by atoms with Crippen molar-refractivity contribution in [2.75, 3.05) is 31.9 Å². The summed E-state index contributed by atoms with van der Waals surface area (Å²) in [5.41, 5.74) is 0. The molecule has 0 aromatic heterocycles. The number of rotatable bonds is 17. The van der Waals surface area contributed by atoms with E-state index in [1.165, 1.54) is 108 Å². The van der Waals surface area contributed by atoms with Crippen LogP contribution in [0.15, 0.2) is 0 Å². The summed E-state index contributed by atoms with van der Waals surface area (Å²) in [6.45, 7) is 12.7. The molecule has 0 saturated heterocycles. The second-order valence-electron chi connectivity index (χ2n) is 7.14. The molecule has 1 nitrogen and oxygen atoms in total. The van der Waals surface area contributed by atoms with Crippen LogP contribution in [0.1, 0.15) is 97.8 Å². The zero-order valence-corrected chi connectivity index (χ0v) is 17.9. The van der Waals surface area contributed by atoms with Gasteiger partial charge in [0.25, 0.3) is 0 Å². The second kappa shape index (κ2) is 18.9. The summed E-state index contributed by atoms with van der Waals surface area (Å²) in [6, 6.07) is 0. The van der Waals surface area contributed by atoms with Gasteiger partial charge in [-0.25, -0.2) is 0 Å². The van der Waals surface area contributed by atoms with Crippen LogP contribution in [0.25, 0.3) is 0 Å². The minimum atomic E-state index is 0. The van der Waals surface area contributed by atoms with Crippen molar-refractivity contribution in [3.8, 4) is 0 Å². The maximum Gasteiger partial charge on any atom is 0.0786 e. The summed E-state index contributed by atoms with van der Waals surface area (Å²) in [5.74, 6) is 1.06. The fourth-order valence-corrected chi connectivity index (χ4v) is 4.11. The van der Waals surface area contributed by atoms with Crippen molar-refractivity contribution < 1.29 is 16.9 Å². The molecule has 0 radical (unpaired) electrons. The summed E-state index contributed by atoms with van der Waals surface area (Å²) in [6.07, 6.45) is 16.8. The first-order valence-electron chi connectivity index (χ1n) is 10.2. The van der Waals surface area contributed by atoms with E-state index in [9.17, 15) is 0 Å². The molecule has 0 aliphatic heterocycles. The van der Waals surface area contributed by atoms with E-state index >= 15 is 0 Å². The van der Waals surface area contributed by atoms with Crippen molar-refractivity contribution in [3.05, 3.63) is 0 Å². The lowest BCUT2D eigenvalue weighted by atomic mass is 10.1. The van der Waals surface area contributed by atoms with Crippen LogP contribution in [-0.2, 0) is 0 Å². The summed E-state index contributed by atoms with van der Waals surface area (Å²) in [7, 11) is 0. The molecule has 0 saturated carbocycles. The van der Waals surface area contributed by atoms with Crippen LogP contribution in [0.3, 0.4) is 0 Å². The van der Waals surface area contributed by atoms with E-state index in [1.54, 1.807) is 0 Å². The van der Waals surface area contributed by atoms with Crippen LogP contribution in [0.2, 0.25) is 0 Å². The number of halogens is 1. The first-order valence-corrected chi connectivity index (χ1v) is 10.8. The fraction of sp³-hybridized carbons (Fsp3) is 1.00. The third kappa shape index (κ3) is 14.6. The molecule has 0 aliphatic carbocycles. The molecule has 0 heterocycles. The van der Waals surface area contributed by atoms with Gasteiger partial charge < -0.3 is 16.9 Å². The van der Waals surface area contributed by atoms with Crippen molar-refractivity contribution in [3.63, 3.8) is 0 Å². The predicted molar refractivity (Wildman–Crippen MR) is 106 cm³/mol. The Hall–Kier alpha value is 0.600. The van der Waals surface area contributed by atoms with E-state index in [2.05, 4.69) is 33.4 Å². The summed E-state index contributed by atoms with van der Waals surface area (Å²) in [4.78, 5) is 0. The Labute approximate surface area is 159 Å². The maximum absolute atomic E-state index is 4.27. The van der Waals surface area contributed by atoms with E-state index in [0.717, 1.165) is 5.75 Å². The zero-order valence-electron chi connectivity index (χ0n) is 16.3. The quantitative estimate of drug-likeness (QED) is 0.228. The number of unbranched alkanes of at least 4 members (excludes halogenated alkanes) is 8. The number of hydrogen-bond acceptors (Lipinski definition) is 1. The molecular weight excluding hydrogens is 322 g/mol. The van der Waals surface area contributed by atoms with Gasteiger partial charge >= 0.3 is 0 Å². The van der Waals surface area contributed by atoms with E-state index in [4.69, 9.17) is 0 Å². The second-order valence-corrected chi connectivity index (χ2v) is 7.59. The van der Waals surface area contributed by atoms with Crippen molar-refractivity contribution in [1.29, 1.82) is 0 Å². The van der Waals surface area contributed by atoms with Gasteiger partial charge in [0.15, 0.2) is 0 Å². The highest BCUT2D eigenvalue weighted by Gasteiger charge is 2.23. The Balaban J connectivity index is 0. The molecule has 0 N–H and O–H groups in total. The monoisotopic (exact) mass is 365 g/mol. The third-order valence-corrected chi connectivity index (χ3v) is 5.20. The first kappa shape index (κ1) is 25.8. The van der Waals surface area contributed by atoms with Gasteiger partial charge in [0.2, 0.25) is 0 Å². The largest absolute Gasteiger partial charge is 1.00 e. The topological polar surface area (TPSA) is 0 Å². The molecule has 0 atom stereocenters. The number of thiol groups is 1. The molecule has 0 unspecified atom stereocenters. The molecule has 3 heteroatoms. The van der Waals surface area contributed by atoms with Crippen LogP contribution in [0.5, 0.6) is 0 Å². The van der Waals surface area contributed by atoms with Crippen molar-refractivity contribution in [2.45, 2.75) is 97.8 Å². The highest BCUT2D eigenvalue weighted by atomic mass is 35.5. The summed E-state index contributed by atoms with van der Waals surface area (Å²) >= 11 is 4.27. The highest BCUT2D eigenvalue weighted by molar-refractivity contribution is 7.80. The minimum absolute atomic E-state index is 0. The van der Waals surface area contributed by atoms with Gasteiger partial charge in [-0.05, 0) is 44.3 Å². The average Bonchev–Trinajstić information content (AvgIpc) is 2.50. The summed E-state index contributed by atoms with van der Waals surface area (Å²) < 4.78 is 1.40. The Bertz CT molecular complexity index is 207. The lowest BCUT2D eigenvalue weighted by Crippen LogP contribution is -3.00. The van der Waals surface area contributed by atoms with Gasteiger partial charge in [-0.15, -0.1) is 0 Å². The Morgan fingerprint density at radius 2 is 0.870 bits per heavy atom. The third-order valence-electron chi connectivity index (χ3n) is 4.88. The smallest absolute Gasteiger partial charge is 0.0786 e. The molecule has 0 spiro atoms. The van der Waals surface area contributed by atoms with Crippen LogP contribution in [-0.4, -0.2) is 36.4 Å². The van der Waals surface area contributed by atoms with E-state index in [-0.39, 0.29) is 12.4 Å². The number of nitrogens with zero attached hydrogens (tertiary/aromatic N) is 1. The molecule has 0 amide bonds. The molecule has 0 aromatic carbocycles. The van der Waals surface area contributed by atoms with Crippen LogP contribution in [0.4, 0.5) is 0 Å². The fourth-order valence-electron chi connectivity index (χ4n) is 3.89. The van der Waals surface area contributed by atoms with Crippen LogP contribution in [0, 0.1) is 0 Å². The Morgan fingerprint density at radius 1 is 0.522 bits per heavy atom. The number of quaternary nitrogens is 1. The van der Waals surface area contributed by atoms with Crippen molar-refractivity contribution >= 4 is 12.6 Å². The SMILES string of the molecule is CCC[N+](CCC)(CCC)CCCCCCCCCCCS.[Cl-]. The number of hydrogen-bond donors (Lipinski definition) is 1. The lowest BCUT2D eigenvalue weighted by Gasteiger charge is -2.38. The van der Waals surface area contributed by atoms with E-state index in [1.807, 2.05) is 0 Å². The molecule has 142 valence electrons. The van der Waals surface area contributed by atoms with Crippen molar-refractivity contribution in [2.24, 2.45) is 0 Å². The molecule has 0 fully saturated rings. The van der Waals surface area contributed by atoms with Gasteiger partial charge in [-0.2, -0.15) is 12.6 Å². The van der Waals surface area contributed by atoms with Gasteiger partial charge in [0, 0.05) is 0 Å². The van der Waals surface area contributed by atoms with Crippen LogP contribution >= 0.6 is 12.6 Å². The zero-order chi connectivity index (χ0) is 16.5. The van der Waals surface area contributed by atoms with Crippen molar-refractivity contribution in [1.82, 2.24) is 0 Å². The molecule has 0 aromatic rings. The van der Waals surface area contributed by atoms with Gasteiger partial charge in [0.05, 0.1) is 26.2 Å². The molecule has 23 heavy (non-hydrogen) atoms. The Kier molecular flexibility index (Phi) is 21.3. The Morgan fingerprint density at radius 3 is 1.22 bits per heavy atom. The molecular formula is C20H44ClNS. The standard InChI is InChI=1S/C20H43NS.ClH/c1-4-16-21(17-5-2,18-6-3)19-14-12-10-8-7-9-11-13-15-20-22;/h4-20H2,1-3H3;1H. The lowest BCUT2D eigenvalue weighted by molar-refractivity contribution is -0.928. The summed E-state index contributed by atoms with van der Waals surface area (Å²) in [5, 5.41) is 0. The van der Waals surface area contributed by atoms with E-state index < -0.39 is 0 Å². The molecule has 0 rings (SSSR count). The van der Waals surface area contributed by atoms with Gasteiger partial charge in [-0.3, -0.25) is 0 Å². The predicted octanol–water partition coefficient (Wildman–Crippen LogP) is 3.48. The van der Waals surface area contributed by atoms with Gasteiger partial charge in [0.1, 0.15) is 0 Å². The molecule has 0 aliphatic rings. The normalized spacial score (nSPS) is 11.5. The average molecular weight is 366 g/mol.